The Labute approximate surface area is 94.1 Å². The van der Waals surface area contributed by atoms with Crippen LogP contribution < -0.4 is 5.32 Å². The summed E-state index contributed by atoms with van der Waals surface area (Å²) >= 11 is 0. The first-order valence-corrected chi connectivity index (χ1v) is 8.04. The maximum atomic E-state index is 5.50. The summed E-state index contributed by atoms with van der Waals surface area (Å²) in [6, 6.07) is 4.32. The Morgan fingerprint density at radius 3 is 2.20 bits per heavy atom. The Morgan fingerprint density at radius 1 is 1.27 bits per heavy atom. The van der Waals surface area contributed by atoms with E-state index < -0.39 is 8.07 Å². The van der Waals surface area contributed by atoms with Gasteiger partial charge in [0.2, 0.25) is 0 Å². The van der Waals surface area contributed by atoms with Crippen molar-refractivity contribution >= 4 is 13.4 Å². The van der Waals surface area contributed by atoms with Gasteiger partial charge in [0.1, 0.15) is 8.07 Å². The van der Waals surface area contributed by atoms with Gasteiger partial charge in [0.15, 0.2) is 0 Å². The highest BCUT2D eigenvalue weighted by Crippen LogP contribution is 2.31. The van der Waals surface area contributed by atoms with Crippen molar-refractivity contribution in [1.29, 1.82) is 0 Å². The number of methoxy groups -OCH3 is 1. The number of H-pyrrole nitrogens is 1. The number of aromatic nitrogens is 1. The molecule has 0 unspecified atom stereocenters. The van der Waals surface area contributed by atoms with Gasteiger partial charge >= 0.3 is 0 Å². The molecule has 0 aliphatic carbocycles. The van der Waals surface area contributed by atoms with Crippen LogP contribution in [0.3, 0.4) is 0 Å². The summed E-state index contributed by atoms with van der Waals surface area (Å²) in [5, 5.41) is 1.43. The van der Waals surface area contributed by atoms with Gasteiger partial charge in [-0.2, -0.15) is 0 Å². The lowest BCUT2D eigenvalue weighted by atomic mass is 10.5. The molecule has 0 bridgehead atoms. The third kappa shape index (κ3) is 2.18. The van der Waals surface area contributed by atoms with E-state index in [0.29, 0.717) is 11.1 Å². The Balaban J connectivity index is 3.14. The first kappa shape index (κ1) is 12.5. The van der Waals surface area contributed by atoms with Crippen molar-refractivity contribution in [3.8, 4) is 0 Å². The van der Waals surface area contributed by atoms with E-state index in [4.69, 9.17) is 4.74 Å². The van der Waals surface area contributed by atoms with Crippen molar-refractivity contribution in [2.24, 2.45) is 0 Å². The average molecular weight is 225 g/mol. The molecule has 0 atom stereocenters. The van der Waals surface area contributed by atoms with Crippen LogP contribution in [0.15, 0.2) is 18.3 Å². The molecule has 1 heterocycles. The fraction of sp³-hybridized carbons (Fsp3) is 0.667. The molecule has 15 heavy (non-hydrogen) atoms. The maximum absolute atomic E-state index is 5.50. The van der Waals surface area contributed by atoms with Crippen LogP contribution in [0.4, 0.5) is 0 Å². The lowest BCUT2D eigenvalue weighted by Gasteiger charge is -2.37. The molecule has 0 radical (unpaired) electrons. The third-order valence-corrected chi connectivity index (χ3v) is 9.74. The van der Waals surface area contributed by atoms with Gasteiger partial charge in [-0.1, -0.05) is 27.7 Å². The van der Waals surface area contributed by atoms with Crippen LogP contribution in [0.25, 0.3) is 0 Å². The van der Waals surface area contributed by atoms with E-state index in [-0.39, 0.29) is 0 Å². The van der Waals surface area contributed by atoms with E-state index in [1.807, 2.05) is 13.3 Å². The summed E-state index contributed by atoms with van der Waals surface area (Å²) in [7, 11) is 0.263. The standard InChI is InChI=1S/C12H23NOSi/c1-10(2)15(9-14-5,11(3)4)12-7-6-8-13-12/h6-8,10-11,13H,9H2,1-5H3. The fourth-order valence-corrected chi connectivity index (χ4v) is 7.19. The maximum Gasteiger partial charge on any atom is 0.140 e. The monoisotopic (exact) mass is 225 g/mol. The predicted molar refractivity (Wildman–Crippen MR) is 68.3 cm³/mol. The molecule has 2 nitrogen and oxygen atoms in total. The third-order valence-electron chi connectivity index (χ3n) is 3.54. The van der Waals surface area contributed by atoms with Crippen molar-refractivity contribution in [3.05, 3.63) is 18.3 Å². The zero-order valence-corrected chi connectivity index (χ0v) is 11.5. The zero-order chi connectivity index (χ0) is 11.5. The fourth-order valence-electron chi connectivity index (χ4n) is 2.56. The molecule has 0 aliphatic rings. The SMILES string of the molecule is COC[Si](c1ccc[nH]1)(C(C)C)C(C)C. The van der Waals surface area contributed by atoms with Gasteiger partial charge in [-0.15, -0.1) is 0 Å². The van der Waals surface area contributed by atoms with Crippen LogP contribution in [0.1, 0.15) is 27.7 Å². The second-order valence-electron chi connectivity index (χ2n) is 4.87. The van der Waals surface area contributed by atoms with Crippen LogP contribution >= 0.6 is 0 Å². The largest absolute Gasteiger partial charge is 0.387 e. The van der Waals surface area contributed by atoms with Crippen molar-refractivity contribution in [2.45, 2.75) is 38.8 Å². The van der Waals surface area contributed by atoms with E-state index in [2.05, 4.69) is 44.8 Å². The zero-order valence-electron chi connectivity index (χ0n) is 10.5. The number of aromatic amines is 1. The predicted octanol–water partition coefficient (Wildman–Crippen LogP) is 2.68. The van der Waals surface area contributed by atoms with Crippen LogP contribution in [-0.4, -0.2) is 26.4 Å². The molecule has 0 aliphatic heterocycles. The van der Waals surface area contributed by atoms with Crippen molar-refractivity contribution in [2.75, 3.05) is 13.3 Å². The van der Waals surface area contributed by atoms with Crippen molar-refractivity contribution < 1.29 is 4.74 Å². The van der Waals surface area contributed by atoms with Crippen molar-refractivity contribution in [3.63, 3.8) is 0 Å². The van der Waals surface area contributed by atoms with Gasteiger partial charge in [-0.25, -0.2) is 0 Å². The van der Waals surface area contributed by atoms with Gasteiger partial charge in [0.25, 0.3) is 0 Å². The lowest BCUT2D eigenvalue weighted by molar-refractivity contribution is 0.243. The molecular weight excluding hydrogens is 202 g/mol. The summed E-state index contributed by atoms with van der Waals surface area (Å²) in [6.45, 7) is 9.30. The Kier molecular flexibility index (Phi) is 4.17. The van der Waals surface area contributed by atoms with Gasteiger partial charge < -0.3 is 9.72 Å². The molecule has 1 rings (SSSR count). The molecule has 86 valence electrons. The molecule has 3 heteroatoms. The number of rotatable bonds is 5. The molecule has 1 N–H and O–H groups in total. The normalized spacial score (nSPS) is 12.7. The first-order valence-electron chi connectivity index (χ1n) is 5.68. The smallest absolute Gasteiger partial charge is 0.140 e. The molecule has 0 saturated carbocycles. The van der Waals surface area contributed by atoms with E-state index in [1.165, 1.54) is 5.32 Å². The molecule has 0 saturated heterocycles. The average Bonchev–Trinajstić information content (AvgIpc) is 2.65. The minimum atomic E-state index is -1.55. The van der Waals surface area contributed by atoms with Gasteiger partial charge in [0, 0.05) is 24.9 Å². The number of hydrogen-bond donors (Lipinski definition) is 1. The number of hydrogen-bond acceptors (Lipinski definition) is 1. The summed E-state index contributed by atoms with van der Waals surface area (Å²) in [4.78, 5) is 3.41. The number of nitrogens with one attached hydrogen (secondary N) is 1. The van der Waals surface area contributed by atoms with Gasteiger partial charge in [0.05, 0.1) is 0 Å². The van der Waals surface area contributed by atoms with Crippen LogP contribution in [-0.2, 0) is 4.74 Å². The van der Waals surface area contributed by atoms with Crippen molar-refractivity contribution in [1.82, 2.24) is 4.98 Å². The molecule has 0 amide bonds. The van der Waals surface area contributed by atoms with E-state index in [1.54, 1.807) is 0 Å². The Bertz CT molecular complexity index is 272. The summed E-state index contributed by atoms with van der Waals surface area (Å²) in [5.41, 5.74) is 1.38. The highest BCUT2D eigenvalue weighted by molar-refractivity contribution is 6.93. The molecule has 0 aromatic carbocycles. The minimum Gasteiger partial charge on any atom is -0.387 e. The molecule has 0 spiro atoms. The van der Waals surface area contributed by atoms with E-state index in [0.717, 1.165) is 6.23 Å². The van der Waals surface area contributed by atoms with Crippen LogP contribution in [0.2, 0.25) is 11.1 Å². The van der Waals surface area contributed by atoms with Gasteiger partial charge in [-0.3, -0.25) is 0 Å². The van der Waals surface area contributed by atoms with E-state index in [9.17, 15) is 0 Å². The topological polar surface area (TPSA) is 25.0 Å². The van der Waals surface area contributed by atoms with Gasteiger partial charge in [-0.05, 0) is 23.2 Å². The summed E-state index contributed by atoms with van der Waals surface area (Å²) < 4.78 is 5.50. The van der Waals surface area contributed by atoms with Crippen LogP contribution in [0.5, 0.6) is 0 Å². The quantitative estimate of drug-likeness (QED) is 0.766. The number of ether oxygens (including phenoxy) is 1. The molecule has 1 aromatic rings. The highest BCUT2D eigenvalue weighted by atomic mass is 28.3. The Morgan fingerprint density at radius 2 is 1.87 bits per heavy atom. The molecular formula is C12H23NOSi. The molecule has 0 fully saturated rings. The minimum absolute atomic E-state index is 0.691. The summed E-state index contributed by atoms with van der Waals surface area (Å²) in [6.07, 6.45) is 2.93. The summed E-state index contributed by atoms with van der Waals surface area (Å²) in [5.74, 6) is 0. The Hall–Kier alpha value is -0.543. The highest BCUT2D eigenvalue weighted by Gasteiger charge is 2.42. The molecule has 1 aromatic heterocycles. The second kappa shape index (κ2) is 4.99. The van der Waals surface area contributed by atoms with Crippen LogP contribution in [0, 0.1) is 0 Å². The lowest BCUT2D eigenvalue weighted by Crippen LogP contribution is -2.57. The first-order chi connectivity index (χ1) is 7.05. The van der Waals surface area contributed by atoms with E-state index >= 15 is 0 Å². The second-order valence-corrected chi connectivity index (χ2v) is 10.1.